The zero-order chi connectivity index (χ0) is 18.9. The van der Waals surface area contributed by atoms with Gasteiger partial charge in [-0.2, -0.15) is 0 Å². The normalized spacial score (nSPS) is 15.2. The van der Waals surface area contributed by atoms with E-state index in [4.69, 9.17) is 4.74 Å². The minimum atomic E-state index is -0.740. The Hall–Kier alpha value is -2.48. The summed E-state index contributed by atoms with van der Waals surface area (Å²) in [6, 6.07) is 4.38. The van der Waals surface area contributed by atoms with E-state index in [-0.39, 0.29) is 23.8 Å². The summed E-state index contributed by atoms with van der Waals surface area (Å²) in [5, 5.41) is 5.25. The first-order valence-electron chi connectivity index (χ1n) is 8.65. The van der Waals surface area contributed by atoms with Gasteiger partial charge in [0.15, 0.2) is 0 Å². The molecule has 1 aliphatic heterocycles. The summed E-state index contributed by atoms with van der Waals surface area (Å²) in [5.74, 6) is -1.20. The van der Waals surface area contributed by atoms with Crippen LogP contribution in [0.15, 0.2) is 24.3 Å². The van der Waals surface area contributed by atoms with Crippen molar-refractivity contribution >= 4 is 17.7 Å². The third-order valence-electron chi connectivity index (χ3n) is 4.21. The van der Waals surface area contributed by atoms with E-state index in [9.17, 15) is 18.8 Å². The highest BCUT2D eigenvalue weighted by Gasteiger charge is 2.27. The number of rotatable bonds is 7. The van der Waals surface area contributed by atoms with Crippen LogP contribution in [0.1, 0.15) is 29.6 Å². The van der Waals surface area contributed by atoms with Crippen molar-refractivity contribution in [3.8, 4) is 0 Å². The molecule has 8 heteroatoms. The third kappa shape index (κ3) is 5.80. The summed E-state index contributed by atoms with van der Waals surface area (Å²) in [6.07, 6.45) is 1.08. The van der Waals surface area contributed by atoms with Crippen molar-refractivity contribution in [2.45, 2.75) is 25.3 Å². The van der Waals surface area contributed by atoms with Gasteiger partial charge >= 0.3 is 0 Å². The van der Waals surface area contributed by atoms with E-state index >= 15 is 0 Å². The monoisotopic (exact) mass is 365 g/mol. The smallest absolute Gasteiger partial charge is 0.251 e. The topological polar surface area (TPSA) is 87.7 Å². The Morgan fingerprint density at radius 3 is 2.46 bits per heavy atom. The Bertz CT molecular complexity index is 630. The number of hydrogen-bond acceptors (Lipinski definition) is 4. The second kappa shape index (κ2) is 9.86. The number of carbonyl (C=O) groups is 3. The molecule has 1 fully saturated rings. The van der Waals surface area contributed by atoms with E-state index < -0.39 is 17.8 Å². The van der Waals surface area contributed by atoms with Gasteiger partial charge in [-0.15, -0.1) is 0 Å². The number of halogens is 1. The number of nitrogens with zero attached hydrogens (tertiary/aromatic N) is 1. The summed E-state index contributed by atoms with van der Waals surface area (Å²) in [7, 11) is 1.55. The maximum absolute atomic E-state index is 13.0. The lowest BCUT2D eigenvalue weighted by Gasteiger charge is -2.30. The standard InChI is InChI=1S/C18H24FN3O4/c1-20-16(23)4-2-3-15(18(25)22-9-11-26-12-10-22)21-17(24)13-5-7-14(19)8-6-13/h5-8,15H,2-4,9-12H2,1H3,(H,20,23)(H,21,24)/t15-/m0/s1. The van der Waals surface area contributed by atoms with Gasteiger partial charge in [0.1, 0.15) is 11.9 Å². The Morgan fingerprint density at radius 2 is 1.85 bits per heavy atom. The fraction of sp³-hybridized carbons (Fsp3) is 0.500. The average Bonchev–Trinajstić information content (AvgIpc) is 2.67. The van der Waals surface area contributed by atoms with Gasteiger partial charge in [-0.05, 0) is 37.1 Å². The quantitative estimate of drug-likeness (QED) is 0.745. The second-order valence-electron chi connectivity index (χ2n) is 6.04. The lowest BCUT2D eigenvalue weighted by molar-refractivity contribution is -0.137. The molecule has 1 saturated heterocycles. The molecule has 1 aromatic carbocycles. The van der Waals surface area contributed by atoms with E-state index in [1.54, 1.807) is 11.9 Å². The van der Waals surface area contributed by atoms with Crippen molar-refractivity contribution < 1.29 is 23.5 Å². The van der Waals surface area contributed by atoms with E-state index in [2.05, 4.69) is 10.6 Å². The molecule has 3 amide bonds. The van der Waals surface area contributed by atoms with Crippen LogP contribution in [0.2, 0.25) is 0 Å². The van der Waals surface area contributed by atoms with E-state index in [0.717, 1.165) is 0 Å². The van der Waals surface area contributed by atoms with E-state index in [1.807, 2.05) is 0 Å². The fourth-order valence-electron chi connectivity index (χ4n) is 2.70. The molecule has 1 atom stereocenters. The van der Waals surface area contributed by atoms with Crippen molar-refractivity contribution in [1.82, 2.24) is 15.5 Å². The number of amides is 3. The molecule has 0 unspecified atom stereocenters. The van der Waals surface area contributed by atoms with Gasteiger partial charge in [0.05, 0.1) is 13.2 Å². The highest BCUT2D eigenvalue weighted by atomic mass is 19.1. The maximum atomic E-state index is 13.0. The average molecular weight is 365 g/mol. The number of benzene rings is 1. The molecule has 0 radical (unpaired) electrons. The molecule has 0 aromatic heterocycles. The van der Waals surface area contributed by atoms with Gasteiger partial charge < -0.3 is 20.3 Å². The van der Waals surface area contributed by atoms with Gasteiger partial charge in [0, 0.05) is 32.1 Å². The molecular weight excluding hydrogens is 341 g/mol. The summed E-state index contributed by atoms with van der Waals surface area (Å²) in [6.45, 7) is 1.86. The van der Waals surface area contributed by atoms with Gasteiger partial charge in [0.25, 0.3) is 5.91 Å². The Labute approximate surface area is 151 Å². The Kier molecular flexibility index (Phi) is 7.53. The molecule has 2 rings (SSSR count). The van der Waals surface area contributed by atoms with Crippen LogP contribution in [0.3, 0.4) is 0 Å². The van der Waals surface area contributed by atoms with Crippen LogP contribution >= 0.6 is 0 Å². The van der Waals surface area contributed by atoms with Crippen molar-refractivity contribution in [3.05, 3.63) is 35.6 Å². The molecule has 0 bridgehead atoms. The summed E-state index contributed by atoms with van der Waals surface area (Å²) in [4.78, 5) is 38.2. The predicted molar refractivity (Wildman–Crippen MR) is 93.0 cm³/mol. The molecule has 142 valence electrons. The van der Waals surface area contributed by atoms with Crippen molar-refractivity contribution in [1.29, 1.82) is 0 Å². The molecule has 2 N–H and O–H groups in total. The number of nitrogens with one attached hydrogen (secondary N) is 2. The number of hydrogen-bond donors (Lipinski definition) is 2. The molecule has 1 aliphatic rings. The highest BCUT2D eigenvalue weighted by molar-refractivity contribution is 5.97. The van der Waals surface area contributed by atoms with Crippen LogP contribution in [-0.2, 0) is 14.3 Å². The van der Waals surface area contributed by atoms with Crippen LogP contribution in [0.25, 0.3) is 0 Å². The lowest BCUT2D eigenvalue weighted by Crippen LogP contribution is -2.51. The van der Waals surface area contributed by atoms with E-state index in [0.29, 0.717) is 39.1 Å². The van der Waals surface area contributed by atoms with Crippen LogP contribution in [0.4, 0.5) is 4.39 Å². The van der Waals surface area contributed by atoms with Crippen LogP contribution in [0.5, 0.6) is 0 Å². The molecule has 0 spiro atoms. The van der Waals surface area contributed by atoms with Gasteiger partial charge in [-0.25, -0.2) is 4.39 Å². The number of carbonyl (C=O) groups excluding carboxylic acids is 3. The van der Waals surface area contributed by atoms with Gasteiger partial charge in [-0.1, -0.05) is 0 Å². The zero-order valence-electron chi connectivity index (χ0n) is 14.8. The molecule has 1 heterocycles. The van der Waals surface area contributed by atoms with Crippen LogP contribution in [0, 0.1) is 5.82 Å². The highest BCUT2D eigenvalue weighted by Crippen LogP contribution is 2.10. The molecule has 0 saturated carbocycles. The first-order chi connectivity index (χ1) is 12.5. The minimum absolute atomic E-state index is 0.118. The molecule has 7 nitrogen and oxygen atoms in total. The predicted octanol–water partition coefficient (Wildman–Crippen LogP) is 0.699. The summed E-state index contributed by atoms with van der Waals surface area (Å²) < 4.78 is 18.3. The van der Waals surface area contributed by atoms with Crippen molar-refractivity contribution in [3.63, 3.8) is 0 Å². The van der Waals surface area contributed by atoms with Crippen LogP contribution in [-0.4, -0.2) is 62.0 Å². The fourth-order valence-corrected chi connectivity index (χ4v) is 2.70. The second-order valence-corrected chi connectivity index (χ2v) is 6.04. The third-order valence-corrected chi connectivity index (χ3v) is 4.21. The lowest BCUT2D eigenvalue weighted by atomic mass is 10.1. The van der Waals surface area contributed by atoms with Gasteiger partial charge in [0.2, 0.25) is 11.8 Å². The Morgan fingerprint density at radius 1 is 1.19 bits per heavy atom. The number of morpholine rings is 1. The largest absolute Gasteiger partial charge is 0.378 e. The Balaban J connectivity index is 2.02. The summed E-state index contributed by atoms with van der Waals surface area (Å²) in [5.41, 5.74) is 0.275. The molecule has 0 aliphatic carbocycles. The van der Waals surface area contributed by atoms with Gasteiger partial charge in [-0.3, -0.25) is 14.4 Å². The summed E-state index contributed by atoms with van der Waals surface area (Å²) >= 11 is 0. The minimum Gasteiger partial charge on any atom is -0.378 e. The zero-order valence-corrected chi connectivity index (χ0v) is 14.8. The van der Waals surface area contributed by atoms with Crippen molar-refractivity contribution in [2.24, 2.45) is 0 Å². The first-order valence-corrected chi connectivity index (χ1v) is 8.65. The first kappa shape index (κ1) is 19.8. The van der Waals surface area contributed by atoms with Crippen LogP contribution < -0.4 is 10.6 Å². The molecule has 26 heavy (non-hydrogen) atoms. The number of ether oxygens (including phenoxy) is 1. The molecule has 1 aromatic rings. The van der Waals surface area contributed by atoms with E-state index in [1.165, 1.54) is 24.3 Å². The van der Waals surface area contributed by atoms with Crippen molar-refractivity contribution in [2.75, 3.05) is 33.4 Å². The SMILES string of the molecule is CNC(=O)CCC[C@H](NC(=O)c1ccc(F)cc1)C(=O)N1CCOCC1. The molecular formula is C18H24FN3O4. The maximum Gasteiger partial charge on any atom is 0.251 e.